The van der Waals surface area contributed by atoms with E-state index in [9.17, 15) is 0 Å². The van der Waals surface area contributed by atoms with Gasteiger partial charge >= 0.3 is 0 Å². The Kier molecular flexibility index (Phi) is 4.23. The van der Waals surface area contributed by atoms with Gasteiger partial charge < -0.3 is 0 Å². The Balaban J connectivity index is 1.53. The Labute approximate surface area is 213 Å². The van der Waals surface area contributed by atoms with Crippen LogP contribution in [0.3, 0.4) is 0 Å². The van der Waals surface area contributed by atoms with E-state index >= 15 is 0 Å². The van der Waals surface area contributed by atoms with Gasteiger partial charge in [0.2, 0.25) is 5.95 Å². The molecule has 0 aliphatic rings. The minimum absolute atomic E-state index is 0.683. The maximum atomic E-state index is 5.30. The lowest BCUT2D eigenvalue weighted by molar-refractivity contribution is 1.01. The zero-order chi connectivity index (χ0) is 24.3. The lowest BCUT2D eigenvalue weighted by atomic mass is 9.99. The zero-order valence-corrected chi connectivity index (χ0v) is 20.0. The standard InChI is InChI=1S/C34H21N3/c1-3-13-24-22(10-1)12-9-17-26(24)33-27-15-5-7-18-29(27)35-34(36-33)37-30-19-8-6-16-28(30)32-25-14-4-2-11-23(25)20-21-31(32)37/h1-21H. The van der Waals surface area contributed by atoms with Crippen molar-refractivity contribution in [2.45, 2.75) is 0 Å². The maximum Gasteiger partial charge on any atom is 0.235 e. The lowest BCUT2D eigenvalue weighted by Gasteiger charge is -2.13. The first kappa shape index (κ1) is 20.2. The summed E-state index contributed by atoms with van der Waals surface area (Å²) in [7, 11) is 0. The summed E-state index contributed by atoms with van der Waals surface area (Å²) in [5.74, 6) is 0.683. The van der Waals surface area contributed by atoms with Gasteiger partial charge in [-0.1, -0.05) is 109 Å². The normalized spacial score (nSPS) is 11.8. The van der Waals surface area contributed by atoms with E-state index in [-0.39, 0.29) is 0 Å². The molecule has 3 heteroatoms. The van der Waals surface area contributed by atoms with Crippen LogP contribution in [0.1, 0.15) is 0 Å². The molecule has 0 aliphatic carbocycles. The fourth-order valence-electron chi connectivity index (χ4n) is 5.76. The van der Waals surface area contributed by atoms with Crippen LogP contribution in [-0.2, 0) is 0 Å². The minimum atomic E-state index is 0.683. The third kappa shape index (κ3) is 2.95. The molecule has 0 bridgehead atoms. The van der Waals surface area contributed by atoms with Crippen molar-refractivity contribution in [3.8, 4) is 17.2 Å². The molecule has 0 saturated carbocycles. The molecule has 0 N–H and O–H groups in total. The quantitative estimate of drug-likeness (QED) is 0.252. The van der Waals surface area contributed by atoms with Crippen molar-refractivity contribution in [3.05, 3.63) is 127 Å². The molecule has 37 heavy (non-hydrogen) atoms. The van der Waals surface area contributed by atoms with Crippen LogP contribution in [0.2, 0.25) is 0 Å². The molecular formula is C34H21N3. The summed E-state index contributed by atoms with van der Waals surface area (Å²) in [6.45, 7) is 0. The number of benzene rings is 6. The van der Waals surface area contributed by atoms with E-state index in [0.717, 1.165) is 33.2 Å². The molecule has 0 fully saturated rings. The summed E-state index contributed by atoms with van der Waals surface area (Å²) >= 11 is 0. The highest BCUT2D eigenvalue weighted by Gasteiger charge is 2.19. The highest BCUT2D eigenvalue weighted by molar-refractivity contribution is 6.21. The first-order chi connectivity index (χ1) is 18.4. The summed E-state index contributed by atoms with van der Waals surface area (Å²) in [4.78, 5) is 10.4. The van der Waals surface area contributed by atoms with E-state index in [1.54, 1.807) is 0 Å². The average Bonchev–Trinajstić information content (AvgIpc) is 3.31. The van der Waals surface area contributed by atoms with Crippen molar-refractivity contribution in [2.75, 3.05) is 0 Å². The van der Waals surface area contributed by atoms with Crippen LogP contribution in [-0.4, -0.2) is 14.5 Å². The van der Waals surface area contributed by atoms with E-state index in [4.69, 9.17) is 9.97 Å². The van der Waals surface area contributed by atoms with Gasteiger partial charge in [0.1, 0.15) is 0 Å². The molecule has 0 amide bonds. The predicted molar refractivity (Wildman–Crippen MR) is 154 cm³/mol. The van der Waals surface area contributed by atoms with Gasteiger partial charge in [-0.2, -0.15) is 0 Å². The molecule has 0 unspecified atom stereocenters. The smallest absolute Gasteiger partial charge is 0.235 e. The Bertz CT molecular complexity index is 2150. The zero-order valence-electron chi connectivity index (χ0n) is 20.0. The fraction of sp³-hybridized carbons (Fsp3) is 0. The van der Waals surface area contributed by atoms with Gasteiger partial charge in [-0.15, -0.1) is 0 Å². The number of hydrogen-bond donors (Lipinski definition) is 0. The predicted octanol–water partition coefficient (Wildman–Crippen LogP) is 8.70. The topological polar surface area (TPSA) is 30.7 Å². The summed E-state index contributed by atoms with van der Waals surface area (Å²) in [6, 6.07) is 44.8. The molecule has 6 aromatic carbocycles. The third-order valence-electron chi connectivity index (χ3n) is 7.40. The second kappa shape index (κ2) is 7.74. The number of fused-ring (bicyclic) bond motifs is 7. The summed E-state index contributed by atoms with van der Waals surface area (Å²) in [5.41, 5.74) is 5.21. The molecule has 172 valence electrons. The van der Waals surface area contributed by atoms with Crippen molar-refractivity contribution in [2.24, 2.45) is 0 Å². The van der Waals surface area contributed by atoms with E-state index in [1.165, 1.54) is 32.3 Å². The number of para-hydroxylation sites is 2. The van der Waals surface area contributed by atoms with E-state index in [0.29, 0.717) is 5.95 Å². The summed E-state index contributed by atoms with van der Waals surface area (Å²) in [5, 5.41) is 8.35. The van der Waals surface area contributed by atoms with E-state index in [1.807, 2.05) is 6.07 Å². The third-order valence-corrected chi connectivity index (χ3v) is 7.40. The van der Waals surface area contributed by atoms with Crippen molar-refractivity contribution in [3.63, 3.8) is 0 Å². The number of rotatable bonds is 2. The van der Waals surface area contributed by atoms with Gasteiger partial charge in [-0.3, -0.25) is 4.57 Å². The molecule has 0 radical (unpaired) electrons. The number of hydrogen-bond acceptors (Lipinski definition) is 2. The van der Waals surface area contributed by atoms with Gasteiger partial charge in [0.15, 0.2) is 0 Å². The number of nitrogens with zero attached hydrogens (tertiary/aromatic N) is 3. The van der Waals surface area contributed by atoms with Crippen molar-refractivity contribution < 1.29 is 0 Å². The van der Waals surface area contributed by atoms with Gasteiger partial charge in [-0.05, 0) is 39.7 Å². The average molecular weight is 472 g/mol. The van der Waals surface area contributed by atoms with Crippen LogP contribution < -0.4 is 0 Å². The Morgan fingerprint density at radius 3 is 1.95 bits per heavy atom. The minimum Gasteiger partial charge on any atom is -0.278 e. The van der Waals surface area contributed by atoms with Gasteiger partial charge in [0.05, 0.1) is 22.2 Å². The van der Waals surface area contributed by atoms with Crippen molar-refractivity contribution in [1.29, 1.82) is 0 Å². The molecule has 0 spiro atoms. The summed E-state index contributed by atoms with van der Waals surface area (Å²) in [6.07, 6.45) is 0. The maximum absolute atomic E-state index is 5.30. The van der Waals surface area contributed by atoms with Crippen LogP contribution in [0, 0.1) is 0 Å². The summed E-state index contributed by atoms with van der Waals surface area (Å²) < 4.78 is 2.22. The first-order valence-electron chi connectivity index (χ1n) is 12.5. The van der Waals surface area contributed by atoms with Crippen LogP contribution in [0.25, 0.3) is 71.5 Å². The Morgan fingerprint density at radius 1 is 0.432 bits per heavy atom. The monoisotopic (exact) mass is 471 g/mol. The molecule has 3 nitrogen and oxygen atoms in total. The highest BCUT2D eigenvalue weighted by atomic mass is 15.2. The molecular weight excluding hydrogens is 450 g/mol. The first-order valence-corrected chi connectivity index (χ1v) is 12.5. The van der Waals surface area contributed by atoms with Gasteiger partial charge in [0.25, 0.3) is 0 Å². The lowest BCUT2D eigenvalue weighted by Crippen LogP contribution is -2.03. The molecule has 2 heterocycles. The van der Waals surface area contributed by atoms with Gasteiger partial charge in [-0.25, -0.2) is 9.97 Å². The molecule has 0 aliphatic heterocycles. The molecule has 2 aromatic heterocycles. The second-order valence-corrected chi connectivity index (χ2v) is 9.45. The van der Waals surface area contributed by atoms with Crippen molar-refractivity contribution in [1.82, 2.24) is 14.5 Å². The highest BCUT2D eigenvalue weighted by Crippen LogP contribution is 2.38. The number of aromatic nitrogens is 3. The molecule has 8 rings (SSSR count). The van der Waals surface area contributed by atoms with E-state index < -0.39 is 0 Å². The van der Waals surface area contributed by atoms with Crippen LogP contribution in [0.15, 0.2) is 127 Å². The SMILES string of the molecule is c1ccc2c(-c3nc(-n4c5ccccc5c5c6ccccc6ccc54)nc4ccccc34)cccc2c1. The van der Waals surface area contributed by atoms with Crippen LogP contribution in [0.5, 0.6) is 0 Å². The molecule has 0 atom stereocenters. The Morgan fingerprint density at radius 2 is 1.08 bits per heavy atom. The van der Waals surface area contributed by atoms with Crippen molar-refractivity contribution >= 4 is 54.3 Å². The molecule has 8 aromatic rings. The Hall–Kier alpha value is -5.02. The van der Waals surface area contributed by atoms with E-state index in [2.05, 4.69) is 126 Å². The van der Waals surface area contributed by atoms with Crippen LogP contribution in [0.4, 0.5) is 0 Å². The largest absolute Gasteiger partial charge is 0.278 e. The molecule has 0 saturated heterocycles. The van der Waals surface area contributed by atoms with Gasteiger partial charge in [0, 0.05) is 21.7 Å². The second-order valence-electron chi connectivity index (χ2n) is 9.45. The van der Waals surface area contributed by atoms with Crippen LogP contribution >= 0.6 is 0 Å². The fourth-order valence-corrected chi connectivity index (χ4v) is 5.76.